The van der Waals surface area contributed by atoms with Crippen molar-refractivity contribution < 1.29 is 0 Å². The fraction of sp³-hybridized carbons (Fsp3) is 0.500. The van der Waals surface area contributed by atoms with Crippen LogP contribution >= 0.6 is 0 Å². The third kappa shape index (κ3) is 1.90. The van der Waals surface area contributed by atoms with Crippen molar-refractivity contribution in [3.8, 4) is 0 Å². The standard InChI is InChI=1S/C12H18N2/c1-13-8-7-11-5-3-4-6-12(11)14(2)10-9-13/h3-6H,7-10H2,1-2H3. The zero-order valence-electron chi connectivity index (χ0n) is 9.03. The number of fused-ring (bicyclic) bond motifs is 1. The Balaban J connectivity index is 2.28. The summed E-state index contributed by atoms with van der Waals surface area (Å²) in [4.78, 5) is 4.75. The third-order valence-corrected chi connectivity index (χ3v) is 2.98. The van der Waals surface area contributed by atoms with Gasteiger partial charge in [0.2, 0.25) is 0 Å². The highest BCUT2D eigenvalue weighted by Crippen LogP contribution is 2.21. The molecule has 76 valence electrons. The second-order valence-corrected chi connectivity index (χ2v) is 4.10. The molecule has 0 unspecified atom stereocenters. The van der Waals surface area contributed by atoms with E-state index in [1.165, 1.54) is 17.8 Å². The number of rotatable bonds is 0. The Morgan fingerprint density at radius 1 is 1.00 bits per heavy atom. The number of para-hydroxylation sites is 1. The van der Waals surface area contributed by atoms with Crippen molar-refractivity contribution in [2.45, 2.75) is 6.42 Å². The summed E-state index contributed by atoms with van der Waals surface area (Å²) in [5.41, 5.74) is 2.88. The maximum atomic E-state index is 2.40. The van der Waals surface area contributed by atoms with Crippen LogP contribution in [0.15, 0.2) is 24.3 Å². The Morgan fingerprint density at radius 2 is 1.79 bits per heavy atom. The largest absolute Gasteiger partial charge is 0.373 e. The van der Waals surface area contributed by atoms with Gasteiger partial charge in [-0.05, 0) is 25.1 Å². The van der Waals surface area contributed by atoms with E-state index in [0.29, 0.717) is 0 Å². The molecule has 2 heteroatoms. The molecule has 1 aliphatic rings. The number of nitrogens with zero attached hydrogens (tertiary/aromatic N) is 2. The van der Waals surface area contributed by atoms with E-state index in [9.17, 15) is 0 Å². The first-order valence-corrected chi connectivity index (χ1v) is 5.25. The number of benzene rings is 1. The Labute approximate surface area is 86.1 Å². The van der Waals surface area contributed by atoms with Gasteiger partial charge in [-0.1, -0.05) is 18.2 Å². The van der Waals surface area contributed by atoms with Gasteiger partial charge in [0.25, 0.3) is 0 Å². The van der Waals surface area contributed by atoms with Gasteiger partial charge in [-0.2, -0.15) is 0 Å². The zero-order valence-corrected chi connectivity index (χ0v) is 9.03. The van der Waals surface area contributed by atoms with Crippen LogP contribution in [0.1, 0.15) is 5.56 Å². The lowest BCUT2D eigenvalue weighted by atomic mass is 10.1. The average molecular weight is 190 g/mol. The summed E-state index contributed by atoms with van der Waals surface area (Å²) >= 11 is 0. The summed E-state index contributed by atoms with van der Waals surface area (Å²) in [6, 6.07) is 8.72. The minimum Gasteiger partial charge on any atom is -0.373 e. The van der Waals surface area contributed by atoms with E-state index in [0.717, 1.165) is 19.5 Å². The van der Waals surface area contributed by atoms with E-state index in [1.807, 2.05) is 0 Å². The Hall–Kier alpha value is -1.02. The molecule has 2 nitrogen and oxygen atoms in total. The molecular formula is C12H18N2. The lowest BCUT2D eigenvalue weighted by Crippen LogP contribution is -2.34. The third-order valence-electron chi connectivity index (χ3n) is 2.98. The van der Waals surface area contributed by atoms with Gasteiger partial charge in [0.05, 0.1) is 0 Å². The molecule has 0 bridgehead atoms. The molecule has 0 aromatic heterocycles. The maximum absolute atomic E-state index is 2.40. The normalized spacial score (nSPS) is 18.6. The van der Waals surface area contributed by atoms with Crippen LogP contribution in [0.5, 0.6) is 0 Å². The number of hydrogen-bond donors (Lipinski definition) is 0. The van der Waals surface area contributed by atoms with Crippen molar-refractivity contribution in [1.82, 2.24) is 4.90 Å². The van der Waals surface area contributed by atoms with Gasteiger partial charge in [0.15, 0.2) is 0 Å². The molecule has 1 aliphatic heterocycles. The number of likely N-dealkylation sites (N-methyl/N-ethyl adjacent to an activating group) is 2. The van der Waals surface area contributed by atoms with Crippen molar-refractivity contribution >= 4 is 5.69 Å². The van der Waals surface area contributed by atoms with Crippen LogP contribution in [-0.2, 0) is 6.42 Å². The topological polar surface area (TPSA) is 6.48 Å². The lowest BCUT2D eigenvalue weighted by Gasteiger charge is -2.29. The highest BCUT2D eigenvalue weighted by Gasteiger charge is 2.11. The summed E-state index contributed by atoms with van der Waals surface area (Å²) in [5, 5.41) is 0. The van der Waals surface area contributed by atoms with Gasteiger partial charge in [-0.25, -0.2) is 0 Å². The van der Waals surface area contributed by atoms with Crippen LogP contribution in [0, 0.1) is 0 Å². The summed E-state index contributed by atoms with van der Waals surface area (Å²) < 4.78 is 0. The second-order valence-electron chi connectivity index (χ2n) is 4.10. The van der Waals surface area contributed by atoms with Crippen LogP contribution in [0.4, 0.5) is 5.69 Å². The first-order valence-electron chi connectivity index (χ1n) is 5.25. The van der Waals surface area contributed by atoms with E-state index < -0.39 is 0 Å². The minimum absolute atomic E-state index is 1.12. The van der Waals surface area contributed by atoms with E-state index in [4.69, 9.17) is 0 Å². The molecule has 0 saturated carbocycles. The monoisotopic (exact) mass is 190 g/mol. The quantitative estimate of drug-likeness (QED) is 0.613. The van der Waals surface area contributed by atoms with Crippen LogP contribution < -0.4 is 4.90 Å². The van der Waals surface area contributed by atoms with Crippen molar-refractivity contribution in [3.05, 3.63) is 29.8 Å². The Kier molecular flexibility index (Phi) is 2.73. The van der Waals surface area contributed by atoms with Crippen molar-refractivity contribution in [1.29, 1.82) is 0 Å². The molecule has 1 aromatic carbocycles. The first kappa shape index (κ1) is 9.53. The molecule has 0 atom stereocenters. The highest BCUT2D eigenvalue weighted by molar-refractivity contribution is 5.53. The van der Waals surface area contributed by atoms with Gasteiger partial charge in [0, 0.05) is 32.4 Å². The molecule has 0 spiro atoms. The average Bonchev–Trinajstić information content (AvgIpc) is 2.21. The van der Waals surface area contributed by atoms with Crippen LogP contribution in [0.3, 0.4) is 0 Å². The number of hydrogen-bond acceptors (Lipinski definition) is 2. The van der Waals surface area contributed by atoms with Crippen LogP contribution in [0.25, 0.3) is 0 Å². The van der Waals surface area contributed by atoms with Gasteiger partial charge in [-0.15, -0.1) is 0 Å². The minimum atomic E-state index is 1.12. The van der Waals surface area contributed by atoms with Crippen LogP contribution in [0.2, 0.25) is 0 Å². The van der Waals surface area contributed by atoms with E-state index >= 15 is 0 Å². The molecule has 0 N–H and O–H groups in total. The molecule has 0 saturated heterocycles. The molecule has 14 heavy (non-hydrogen) atoms. The molecule has 1 heterocycles. The fourth-order valence-electron chi connectivity index (χ4n) is 1.96. The van der Waals surface area contributed by atoms with E-state index in [2.05, 4.69) is 48.2 Å². The number of anilines is 1. The summed E-state index contributed by atoms with van der Waals surface area (Å²) in [7, 11) is 4.37. The highest BCUT2D eigenvalue weighted by atomic mass is 15.2. The van der Waals surface area contributed by atoms with E-state index in [1.54, 1.807) is 0 Å². The van der Waals surface area contributed by atoms with E-state index in [-0.39, 0.29) is 0 Å². The van der Waals surface area contributed by atoms with Gasteiger partial charge in [-0.3, -0.25) is 0 Å². The fourth-order valence-corrected chi connectivity index (χ4v) is 1.96. The molecule has 0 aliphatic carbocycles. The predicted molar refractivity (Wildman–Crippen MR) is 60.9 cm³/mol. The summed E-state index contributed by atoms with van der Waals surface area (Å²) in [5.74, 6) is 0. The van der Waals surface area contributed by atoms with Crippen LogP contribution in [-0.4, -0.2) is 38.6 Å². The van der Waals surface area contributed by atoms with Crippen molar-refractivity contribution in [2.24, 2.45) is 0 Å². The lowest BCUT2D eigenvalue weighted by molar-refractivity contribution is 0.341. The molecule has 0 amide bonds. The Bertz CT molecular complexity index is 309. The molecule has 2 rings (SSSR count). The molecular weight excluding hydrogens is 172 g/mol. The maximum Gasteiger partial charge on any atom is 0.0397 e. The summed E-state index contributed by atoms with van der Waals surface area (Å²) in [6.07, 6.45) is 1.16. The predicted octanol–water partition coefficient (Wildman–Crippen LogP) is 1.61. The first-order chi connectivity index (χ1) is 6.77. The van der Waals surface area contributed by atoms with Gasteiger partial charge < -0.3 is 9.80 Å². The molecule has 0 fully saturated rings. The van der Waals surface area contributed by atoms with Crippen molar-refractivity contribution in [3.63, 3.8) is 0 Å². The Morgan fingerprint density at radius 3 is 2.64 bits per heavy atom. The SMILES string of the molecule is CN1CCc2ccccc2N(C)CC1. The summed E-state index contributed by atoms with van der Waals surface area (Å²) in [6.45, 7) is 3.45. The van der Waals surface area contributed by atoms with Gasteiger partial charge in [0.1, 0.15) is 0 Å². The zero-order chi connectivity index (χ0) is 9.97. The smallest absolute Gasteiger partial charge is 0.0397 e. The molecule has 1 aromatic rings. The van der Waals surface area contributed by atoms with Crippen molar-refractivity contribution in [2.75, 3.05) is 38.6 Å². The van der Waals surface area contributed by atoms with Gasteiger partial charge >= 0.3 is 0 Å². The molecule has 0 radical (unpaired) electrons. The second kappa shape index (κ2) is 4.01.